The molecule has 0 saturated carbocycles. The summed E-state index contributed by atoms with van der Waals surface area (Å²) in [6.07, 6.45) is 1.51. The summed E-state index contributed by atoms with van der Waals surface area (Å²) >= 11 is 0. The van der Waals surface area contributed by atoms with Crippen LogP contribution >= 0.6 is 0 Å². The predicted molar refractivity (Wildman–Crippen MR) is 142 cm³/mol. The number of ketones is 2. The molecule has 0 aromatic carbocycles. The van der Waals surface area contributed by atoms with Gasteiger partial charge in [0, 0.05) is 11.8 Å². The summed E-state index contributed by atoms with van der Waals surface area (Å²) in [6, 6.07) is 0. The second kappa shape index (κ2) is 14.4. The van der Waals surface area contributed by atoms with Gasteiger partial charge in [0.15, 0.2) is 17.4 Å². The first kappa shape index (κ1) is 33.6. The fourth-order valence-corrected chi connectivity index (χ4v) is 3.77. The molecular formula is C24H27N9O10. The fraction of sp³-hybridized carbons (Fsp3) is 0.500. The highest BCUT2D eigenvalue weighted by molar-refractivity contribution is 6.63. The Morgan fingerprint density at radius 3 is 1.65 bits per heavy atom. The molecule has 0 radical (unpaired) electrons. The van der Waals surface area contributed by atoms with Gasteiger partial charge in [-0.2, -0.15) is 19.4 Å². The molecule has 0 aliphatic carbocycles. The van der Waals surface area contributed by atoms with Crippen LogP contribution in [0.3, 0.4) is 0 Å². The van der Waals surface area contributed by atoms with E-state index in [4.69, 9.17) is 20.5 Å². The van der Waals surface area contributed by atoms with Gasteiger partial charge in [-0.25, -0.2) is 19.2 Å². The molecule has 1 N–H and O–H groups in total. The number of ether oxygens (including phenoxy) is 2. The second-order valence-corrected chi connectivity index (χ2v) is 9.36. The third-order valence-corrected chi connectivity index (χ3v) is 5.90. The molecule has 2 aromatic heterocycles. The molecule has 0 atom stereocenters. The molecule has 2 rings (SSSR count). The molecule has 19 nitrogen and oxygen atoms in total. The van der Waals surface area contributed by atoms with E-state index in [0.29, 0.717) is 9.13 Å². The maximum Gasteiger partial charge on any atom is 0.441 e. The van der Waals surface area contributed by atoms with Crippen LogP contribution in [0.15, 0.2) is 14.4 Å². The topological polar surface area (TPSA) is 274 Å². The third-order valence-electron chi connectivity index (χ3n) is 5.90. The summed E-state index contributed by atoms with van der Waals surface area (Å²) in [5.41, 5.74) is 11.9. The molecule has 19 heteroatoms. The van der Waals surface area contributed by atoms with Gasteiger partial charge in [-0.15, -0.1) is 0 Å². The van der Waals surface area contributed by atoms with Crippen LogP contribution in [0.1, 0.15) is 27.7 Å². The number of nitrogens with zero attached hydrogens (tertiary/aromatic N) is 9. The van der Waals surface area contributed by atoms with Gasteiger partial charge >= 0.3 is 34.7 Å². The predicted octanol–water partition coefficient (Wildman–Crippen LogP) is -2.67. The Morgan fingerprint density at radius 2 is 1.26 bits per heavy atom. The van der Waals surface area contributed by atoms with Crippen molar-refractivity contribution < 1.29 is 43.3 Å². The molecular weight excluding hydrogens is 574 g/mol. The highest BCUT2D eigenvalue weighted by Gasteiger charge is 2.34. The molecule has 0 fully saturated rings. The molecule has 2 heterocycles. The first-order chi connectivity index (χ1) is 20.3. The number of hydrogen-bond acceptors (Lipinski definition) is 11. The first-order valence-corrected chi connectivity index (χ1v) is 12.6. The Morgan fingerprint density at radius 1 is 0.814 bits per heavy atom. The number of aliphatic hydroxyl groups is 1. The van der Waals surface area contributed by atoms with Gasteiger partial charge in [0.05, 0.1) is 26.2 Å². The van der Waals surface area contributed by atoms with E-state index >= 15 is 0 Å². The lowest BCUT2D eigenvalue weighted by atomic mass is 10.1. The lowest BCUT2D eigenvalue weighted by Gasteiger charge is -2.13. The maximum absolute atomic E-state index is 13.4. The number of carbonyl (C=O) groups excluding carboxylic acids is 4. The van der Waals surface area contributed by atoms with Gasteiger partial charge in [-0.3, -0.25) is 28.1 Å². The van der Waals surface area contributed by atoms with Gasteiger partial charge in [0.1, 0.15) is 13.2 Å². The molecule has 0 saturated heterocycles. The maximum atomic E-state index is 13.4. The largest absolute Gasteiger partial charge is 0.455 e. The van der Waals surface area contributed by atoms with Crippen LogP contribution in [0.5, 0.6) is 0 Å². The summed E-state index contributed by atoms with van der Waals surface area (Å²) in [5, 5.41) is 19.0. The van der Waals surface area contributed by atoms with E-state index in [1.165, 1.54) is 33.9 Å². The minimum absolute atomic E-state index is 0.368. The summed E-state index contributed by atoms with van der Waals surface area (Å²) in [7, 11) is 0. The average Bonchev–Trinajstić information content (AvgIpc) is 3.23. The lowest BCUT2D eigenvalue weighted by Crippen LogP contribution is -2.43. The second-order valence-electron chi connectivity index (χ2n) is 9.36. The van der Waals surface area contributed by atoms with E-state index < -0.39 is 114 Å². The monoisotopic (exact) mass is 601 g/mol. The molecule has 228 valence electrons. The fourth-order valence-electron chi connectivity index (χ4n) is 3.77. The summed E-state index contributed by atoms with van der Waals surface area (Å²) < 4.78 is 12.3. The van der Waals surface area contributed by atoms with E-state index in [-0.39, 0.29) is 0 Å². The van der Waals surface area contributed by atoms with Crippen molar-refractivity contribution in [2.45, 2.75) is 47.3 Å². The molecule has 2 aromatic rings. The van der Waals surface area contributed by atoms with Crippen LogP contribution in [-0.4, -0.2) is 87.7 Å². The molecule has 0 bridgehead atoms. The zero-order valence-electron chi connectivity index (χ0n) is 23.5. The highest BCUT2D eigenvalue weighted by Crippen LogP contribution is 2.08. The number of rotatable bonds is 14. The van der Waals surface area contributed by atoms with Crippen molar-refractivity contribution >= 4 is 46.1 Å². The molecule has 0 aliphatic heterocycles. The number of esters is 2. The number of fused-ring (bicyclic) bond motifs is 1. The lowest BCUT2D eigenvalue weighted by molar-refractivity contribution is -0.143. The van der Waals surface area contributed by atoms with Gasteiger partial charge in [0.2, 0.25) is 0 Å². The summed E-state index contributed by atoms with van der Waals surface area (Å²) in [6.45, 7) is 2.08. The number of carbonyl (C=O) groups is 4. The van der Waals surface area contributed by atoms with Crippen molar-refractivity contribution in [2.75, 3.05) is 19.8 Å². The zero-order valence-corrected chi connectivity index (χ0v) is 23.5. The van der Waals surface area contributed by atoms with Gasteiger partial charge in [0.25, 0.3) is 17.1 Å². The van der Waals surface area contributed by atoms with Gasteiger partial charge < -0.3 is 25.6 Å². The number of imidazole rings is 1. The minimum atomic E-state index is -1.34. The quantitative estimate of drug-likeness (QED) is 0.0766. The number of hydrogen-bond donors (Lipinski definition) is 1. The summed E-state index contributed by atoms with van der Waals surface area (Å²) in [5.74, 6) is -5.79. The highest BCUT2D eigenvalue weighted by atomic mass is 16.5. The molecule has 0 unspecified atom stereocenters. The Labute approximate surface area is 240 Å². The Kier molecular flexibility index (Phi) is 11.2. The van der Waals surface area contributed by atoms with Crippen LogP contribution < -0.4 is 16.9 Å². The minimum Gasteiger partial charge on any atom is -0.455 e. The van der Waals surface area contributed by atoms with Gasteiger partial charge in [-0.05, 0) is 0 Å². The Hall–Kier alpha value is -5.56. The third kappa shape index (κ3) is 6.85. The van der Waals surface area contributed by atoms with E-state index in [0.717, 1.165) is 9.13 Å². The van der Waals surface area contributed by atoms with E-state index in [2.05, 4.69) is 9.58 Å². The van der Waals surface area contributed by atoms with Crippen molar-refractivity contribution in [1.29, 1.82) is 5.26 Å². The van der Waals surface area contributed by atoms with Crippen molar-refractivity contribution in [3.63, 3.8) is 0 Å². The molecule has 0 amide bonds. The number of aliphatic hydroxyl groups excluding tert-OH is 1. The Bertz CT molecular complexity index is 1800. The van der Waals surface area contributed by atoms with Crippen LogP contribution in [0, 0.1) is 23.3 Å². The first-order valence-electron chi connectivity index (χ1n) is 12.6. The zero-order chi connectivity index (χ0) is 32.6. The van der Waals surface area contributed by atoms with Crippen LogP contribution in [0.25, 0.3) is 22.2 Å². The summed E-state index contributed by atoms with van der Waals surface area (Å²) in [4.78, 5) is 93.5. The smallest absolute Gasteiger partial charge is 0.441 e. The van der Waals surface area contributed by atoms with Crippen LogP contribution in [0.2, 0.25) is 0 Å². The van der Waals surface area contributed by atoms with Crippen LogP contribution in [0.4, 0.5) is 0 Å². The molecule has 0 aliphatic rings. The van der Waals surface area contributed by atoms with E-state index in [9.17, 15) is 43.9 Å². The van der Waals surface area contributed by atoms with E-state index in [1.54, 1.807) is 0 Å². The average molecular weight is 602 g/mol. The number of nitriles is 1. The van der Waals surface area contributed by atoms with E-state index in [1.807, 2.05) is 0 Å². The SMILES string of the molecule is CC(C)C(=O)C(=[N+]=[N-])C(=O)OCCn1c(=O)c2c(n(CCOC(=O)C(=[N+]=[N-])C(=O)C(C)C)c1=O)n(CCO)c(=O)n2C#N. The standard InChI is InChI=1S/C24H27N9O10/c1-12(2)17(35)14(28-26)21(38)42-9-6-31-19-16(33(11-25)24(41)30(19)5-8-34)20(37)32(23(31)40)7-10-43-22(39)15(29-27)18(36)13(3)4/h12-13,34H,5-10H2,1-4H3. The number of aromatic nitrogens is 4. The van der Waals surface area contributed by atoms with Gasteiger partial charge in [-0.1, -0.05) is 27.7 Å². The Balaban J connectivity index is 2.57. The van der Waals surface area contributed by atoms with Crippen molar-refractivity contribution in [1.82, 2.24) is 18.3 Å². The normalized spacial score (nSPS) is 10.7. The molecule has 0 spiro atoms. The van der Waals surface area contributed by atoms with Crippen molar-refractivity contribution in [2.24, 2.45) is 11.8 Å². The van der Waals surface area contributed by atoms with Crippen molar-refractivity contribution in [3.8, 4) is 6.19 Å². The number of Topliss-reactive ketones (excluding diaryl/α,β-unsaturated/α-hetero) is 2. The van der Waals surface area contributed by atoms with Crippen molar-refractivity contribution in [3.05, 3.63) is 42.4 Å². The van der Waals surface area contributed by atoms with Crippen LogP contribution in [-0.2, 0) is 48.3 Å². The molecule has 43 heavy (non-hydrogen) atoms.